The van der Waals surface area contributed by atoms with Gasteiger partial charge in [0.1, 0.15) is 21.8 Å². The Labute approximate surface area is 190 Å². The van der Waals surface area contributed by atoms with Crippen LogP contribution in [-0.2, 0) is 9.84 Å². The molecule has 0 aliphatic carbocycles. The molecule has 166 valence electrons. The van der Waals surface area contributed by atoms with Gasteiger partial charge in [-0.25, -0.2) is 8.42 Å². The third kappa shape index (κ3) is 4.65. The number of non-ortho nitro benzene ring substituents is 1. The van der Waals surface area contributed by atoms with E-state index >= 15 is 0 Å². The van der Waals surface area contributed by atoms with Gasteiger partial charge in [-0.05, 0) is 56.6 Å². The fourth-order valence-corrected chi connectivity index (χ4v) is 6.80. The van der Waals surface area contributed by atoms with Crippen LogP contribution in [0.25, 0.3) is 0 Å². The van der Waals surface area contributed by atoms with Crippen LogP contribution < -0.4 is 10.1 Å². The van der Waals surface area contributed by atoms with E-state index in [0.29, 0.717) is 23.0 Å². The molecular formula is C20H21Cl2N3O5S. The fourth-order valence-electron chi connectivity index (χ4n) is 4.21. The number of ether oxygens (including phenoxy) is 1. The summed E-state index contributed by atoms with van der Waals surface area (Å²) in [5.74, 6) is 0.242. The van der Waals surface area contributed by atoms with Crippen LogP contribution in [0.2, 0.25) is 10.0 Å². The van der Waals surface area contributed by atoms with E-state index in [1.807, 2.05) is 4.90 Å². The summed E-state index contributed by atoms with van der Waals surface area (Å²) in [6.45, 7) is 2.24. The topological polar surface area (TPSA) is 102 Å². The Morgan fingerprint density at radius 1 is 1.13 bits per heavy atom. The molecule has 0 aromatic heterocycles. The lowest BCUT2D eigenvalue weighted by Gasteiger charge is -2.30. The number of nitrogens with one attached hydrogen (secondary N) is 1. The molecule has 2 aliphatic heterocycles. The molecule has 1 N–H and O–H groups in total. The molecule has 2 aliphatic rings. The molecule has 0 bridgehead atoms. The number of benzene rings is 2. The highest BCUT2D eigenvalue weighted by atomic mass is 35.5. The monoisotopic (exact) mass is 485 g/mol. The van der Waals surface area contributed by atoms with Crippen molar-refractivity contribution in [3.8, 4) is 11.5 Å². The summed E-state index contributed by atoms with van der Waals surface area (Å²) in [5.41, 5.74) is -0.317. The van der Waals surface area contributed by atoms with Crippen LogP contribution in [-0.4, -0.2) is 49.3 Å². The average molecular weight is 486 g/mol. The van der Waals surface area contributed by atoms with Gasteiger partial charge in [-0.1, -0.05) is 23.2 Å². The minimum absolute atomic E-state index is 0.000306. The largest absolute Gasteiger partial charge is 0.456 e. The maximum Gasteiger partial charge on any atom is 0.271 e. The lowest BCUT2D eigenvalue weighted by molar-refractivity contribution is -0.385. The molecule has 0 spiro atoms. The van der Waals surface area contributed by atoms with Crippen LogP contribution in [0, 0.1) is 10.1 Å². The van der Waals surface area contributed by atoms with Gasteiger partial charge in [-0.15, -0.1) is 0 Å². The zero-order chi connectivity index (χ0) is 22.2. The molecule has 11 heteroatoms. The van der Waals surface area contributed by atoms with E-state index in [1.54, 1.807) is 0 Å². The summed E-state index contributed by atoms with van der Waals surface area (Å²) in [6, 6.07) is 8.23. The third-order valence-electron chi connectivity index (χ3n) is 5.61. The number of hydrogen-bond acceptors (Lipinski definition) is 7. The molecule has 4 rings (SSSR count). The molecule has 1 unspecified atom stereocenters. The van der Waals surface area contributed by atoms with Crippen molar-refractivity contribution < 1.29 is 18.1 Å². The van der Waals surface area contributed by atoms with Crippen LogP contribution in [0.4, 0.5) is 5.69 Å². The van der Waals surface area contributed by atoms with E-state index in [1.165, 1.54) is 30.3 Å². The van der Waals surface area contributed by atoms with E-state index in [9.17, 15) is 18.5 Å². The van der Waals surface area contributed by atoms with Crippen molar-refractivity contribution in [3.05, 3.63) is 56.6 Å². The molecule has 8 nitrogen and oxygen atoms in total. The maximum atomic E-state index is 13.7. The highest BCUT2D eigenvalue weighted by molar-refractivity contribution is 7.92. The highest BCUT2D eigenvalue weighted by Crippen LogP contribution is 2.39. The molecule has 2 aromatic carbocycles. The summed E-state index contributed by atoms with van der Waals surface area (Å²) in [5, 5.41) is 14.5. The van der Waals surface area contributed by atoms with E-state index in [2.05, 4.69) is 5.32 Å². The first-order valence-electron chi connectivity index (χ1n) is 9.88. The van der Waals surface area contributed by atoms with Crippen molar-refractivity contribution in [3.63, 3.8) is 0 Å². The number of nitro groups is 1. The number of halogens is 2. The Balaban J connectivity index is 1.75. The van der Waals surface area contributed by atoms with Gasteiger partial charge in [0.05, 0.1) is 4.92 Å². The molecule has 2 saturated heterocycles. The number of nitrogens with zero attached hydrogens (tertiary/aromatic N) is 2. The lowest BCUT2D eigenvalue weighted by atomic mass is 10.2. The van der Waals surface area contributed by atoms with Crippen molar-refractivity contribution in [2.75, 3.05) is 19.6 Å². The first-order chi connectivity index (χ1) is 14.8. The Kier molecular flexibility index (Phi) is 6.41. The average Bonchev–Trinajstić information content (AvgIpc) is 3.39. The van der Waals surface area contributed by atoms with Gasteiger partial charge >= 0.3 is 0 Å². The maximum absolute atomic E-state index is 13.7. The second-order valence-corrected chi connectivity index (χ2v) is 10.6. The van der Waals surface area contributed by atoms with Gasteiger partial charge in [0.2, 0.25) is 0 Å². The predicted octanol–water partition coefficient (Wildman–Crippen LogP) is 4.25. The lowest BCUT2D eigenvalue weighted by Crippen LogP contribution is -2.44. The molecule has 31 heavy (non-hydrogen) atoms. The second kappa shape index (κ2) is 8.91. The number of hydrogen-bond donors (Lipinski definition) is 1. The smallest absolute Gasteiger partial charge is 0.271 e. The summed E-state index contributed by atoms with van der Waals surface area (Å²) < 4.78 is 33.2. The number of nitro benzene ring substituents is 1. The van der Waals surface area contributed by atoms with Crippen LogP contribution in [0.5, 0.6) is 11.5 Å². The van der Waals surface area contributed by atoms with Crippen molar-refractivity contribution in [2.45, 2.75) is 35.6 Å². The zero-order valence-corrected chi connectivity index (χ0v) is 18.8. The Bertz CT molecular complexity index is 1090. The Hall–Kier alpha value is -1.91. The highest BCUT2D eigenvalue weighted by Gasteiger charge is 2.42. The first-order valence-corrected chi connectivity index (χ1v) is 12.2. The van der Waals surface area contributed by atoms with Crippen molar-refractivity contribution in [1.29, 1.82) is 0 Å². The molecule has 2 fully saturated rings. The minimum atomic E-state index is -3.95. The van der Waals surface area contributed by atoms with E-state index in [-0.39, 0.29) is 28.1 Å². The molecule has 0 radical (unpaired) electrons. The van der Waals surface area contributed by atoms with Gasteiger partial charge < -0.3 is 10.1 Å². The molecule has 0 amide bonds. The van der Waals surface area contributed by atoms with Gasteiger partial charge in [-0.2, -0.15) is 0 Å². The standard InChI is InChI=1S/C20H21Cl2N3O5S/c21-13-8-14(22)10-17(9-13)30-18-4-3-15(25(26)27)11-19(18)31(28,29)20-2-1-7-24(20)16-5-6-23-12-16/h3-4,8-11,16,20,23H,1-2,5-7,12H2/t16?,20-/m1/s1. The summed E-state index contributed by atoms with van der Waals surface area (Å²) in [4.78, 5) is 12.5. The third-order valence-corrected chi connectivity index (χ3v) is 8.20. The van der Waals surface area contributed by atoms with Crippen LogP contribution in [0.15, 0.2) is 41.3 Å². The SMILES string of the molecule is O=[N+]([O-])c1ccc(Oc2cc(Cl)cc(Cl)c2)c(S(=O)(=O)[C@@H]2CCCN2C2CCNC2)c1. The number of rotatable bonds is 6. The summed E-state index contributed by atoms with van der Waals surface area (Å²) in [7, 11) is -3.95. The van der Waals surface area contributed by atoms with E-state index < -0.39 is 20.1 Å². The van der Waals surface area contributed by atoms with Crippen LogP contribution in [0.3, 0.4) is 0 Å². The Morgan fingerprint density at radius 3 is 2.52 bits per heavy atom. The summed E-state index contributed by atoms with van der Waals surface area (Å²) >= 11 is 12.0. The Morgan fingerprint density at radius 2 is 1.87 bits per heavy atom. The molecule has 2 atom stereocenters. The van der Waals surface area contributed by atoms with Gasteiger partial charge in [0.25, 0.3) is 5.69 Å². The normalized spacial score (nSPS) is 22.0. The molecule has 2 heterocycles. The minimum Gasteiger partial charge on any atom is -0.456 e. The van der Waals surface area contributed by atoms with Gasteiger partial charge in [-0.3, -0.25) is 15.0 Å². The van der Waals surface area contributed by atoms with Crippen molar-refractivity contribution in [2.24, 2.45) is 0 Å². The van der Waals surface area contributed by atoms with E-state index in [0.717, 1.165) is 32.0 Å². The quantitative estimate of drug-likeness (QED) is 0.481. The first kappa shape index (κ1) is 22.3. The van der Waals surface area contributed by atoms with Crippen LogP contribution >= 0.6 is 23.2 Å². The van der Waals surface area contributed by atoms with E-state index in [4.69, 9.17) is 27.9 Å². The summed E-state index contributed by atoms with van der Waals surface area (Å²) in [6.07, 6.45) is 2.07. The number of sulfone groups is 1. The van der Waals surface area contributed by atoms with Crippen molar-refractivity contribution in [1.82, 2.24) is 10.2 Å². The second-order valence-electron chi connectivity index (χ2n) is 7.62. The zero-order valence-electron chi connectivity index (χ0n) is 16.5. The molecule has 2 aromatic rings. The fraction of sp³-hybridized carbons (Fsp3) is 0.400. The van der Waals surface area contributed by atoms with Crippen LogP contribution in [0.1, 0.15) is 19.3 Å². The van der Waals surface area contributed by atoms with Gasteiger partial charge in [0, 0.05) is 34.8 Å². The van der Waals surface area contributed by atoms with Gasteiger partial charge in [0.15, 0.2) is 9.84 Å². The van der Waals surface area contributed by atoms with Crippen molar-refractivity contribution >= 4 is 38.7 Å². The number of likely N-dealkylation sites (tertiary alicyclic amines) is 1. The molecular weight excluding hydrogens is 465 g/mol. The predicted molar refractivity (Wildman–Crippen MR) is 118 cm³/mol. The molecule has 0 saturated carbocycles.